The SMILES string of the molecule is O=C(Oc1c(Br)cccc1Br)c1ccccc1. The molecule has 0 atom stereocenters. The van der Waals surface area contributed by atoms with Gasteiger partial charge in [-0.05, 0) is 56.1 Å². The molecule has 2 aromatic rings. The normalized spacial score (nSPS) is 10.0. The van der Waals surface area contributed by atoms with Gasteiger partial charge in [-0.15, -0.1) is 0 Å². The first-order chi connectivity index (χ1) is 8.18. The molecule has 0 N–H and O–H groups in total. The molecule has 0 aliphatic rings. The number of esters is 1. The number of halogens is 2. The Bertz CT molecular complexity index is 518. The molecular weight excluding hydrogens is 348 g/mol. The first-order valence-corrected chi connectivity index (χ1v) is 6.48. The Balaban J connectivity index is 2.25. The molecule has 4 heteroatoms. The van der Waals surface area contributed by atoms with E-state index in [4.69, 9.17) is 4.74 Å². The van der Waals surface area contributed by atoms with Crippen LogP contribution < -0.4 is 4.74 Å². The van der Waals surface area contributed by atoms with Crippen molar-refractivity contribution in [3.05, 3.63) is 63.0 Å². The number of hydrogen-bond acceptors (Lipinski definition) is 2. The number of hydrogen-bond donors (Lipinski definition) is 0. The second-order valence-electron chi connectivity index (χ2n) is 3.31. The predicted octanol–water partition coefficient (Wildman–Crippen LogP) is 4.43. The average molecular weight is 356 g/mol. The maximum atomic E-state index is 11.9. The monoisotopic (exact) mass is 354 g/mol. The molecule has 0 saturated heterocycles. The van der Waals surface area contributed by atoms with E-state index >= 15 is 0 Å². The minimum atomic E-state index is -0.377. The number of carbonyl (C=O) groups is 1. The molecule has 0 amide bonds. The fourth-order valence-electron chi connectivity index (χ4n) is 1.31. The Morgan fingerprint density at radius 2 is 1.47 bits per heavy atom. The van der Waals surface area contributed by atoms with Crippen LogP contribution in [0.3, 0.4) is 0 Å². The van der Waals surface area contributed by atoms with Crippen LogP contribution in [0.4, 0.5) is 0 Å². The predicted molar refractivity (Wildman–Crippen MR) is 73.2 cm³/mol. The molecule has 0 saturated carbocycles. The molecule has 0 bridgehead atoms. The average Bonchev–Trinajstić information content (AvgIpc) is 2.35. The Kier molecular flexibility index (Phi) is 3.97. The molecule has 17 heavy (non-hydrogen) atoms. The summed E-state index contributed by atoms with van der Waals surface area (Å²) < 4.78 is 6.79. The van der Waals surface area contributed by atoms with E-state index in [9.17, 15) is 4.79 Å². The summed E-state index contributed by atoms with van der Waals surface area (Å²) in [6.45, 7) is 0. The summed E-state index contributed by atoms with van der Waals surface area (Å²) in [6.07, 6.45) is 0. The number of rotatable bonds is 2. The first-order valence-electron chi connectivity index (χ1n) is 4.90. The standard InChI is InChI=1S/C13H8Br2O2/c14-10-7-4-8-11(15)12(10)17-13(16)9-5-2-1-3-6-9/h1-8H. The Morgan fingerprint density at radius 3 is 2.06 bits per heavy atom. The van der Waals surface area contributed by atoms with E-state index in [0.717, 1.165) is 8.95 Å². The smallest absolute Gasteiger partial charge is 0.343 e. The third-order valence-electron chi connectivity index (χ3n) is 2.12. The van der Waals surface area contributed by atoms with Crippen LogP contribution in [0, 0.1) is 0 Å². The summed E-state index contributed by atoms with van der Waals surface area (Å²) in [5.74, 6) is 0.111. The minimum Gasteiger partial charge on any atom is -0.421 e. The third-order valence-corrected chi connectivity index (χ3v) is 3.37. The zero-order chi connectivity index (χ0) is 12.3. The van der Waals surface area contributed by atoms with Gasteiger partial charge in [-0.25, -0.2) is 4.79 Å². The summed E-state index contributed by atoms with van der Waals surface area (Å²) in [5, 5.41) is 0. The molecule has 0 aromatic heterocycles. The van der Waals surface area contributed by atoms with Crippen LogP contribution in [0.2, 0.25) is 0 Å². The maximum Gasteiger partial charge on any atom is 0.343 e. The van der Waals surface area contributed by atoms with E-state index in [0.29, 0.717) is 11.3 Å². The molecule has 2 nitrogen and oxygen atoms in total. The molecule has 0 spiro atoms. The summed E-state index contributed by atoms with van der Waals surface area (Å²) in [5.41, 5.74) is 0.523. The van der Waals surface area contributed by atoms with Gasteiger partial charge in [-0.2, -0.15) is 0 Å². The van der Waals surface area contributed by atoms with Crippen molar-refractivity contribution in [1.29, 1.82) is 0 Å². The molecular formula is C13H8Br2O2. The van der Waals surface area contributed by atoms with Crippen molar-refractivity contribution >= 4 is 37.8 Å². The minimum absolute atomic E-state index is 0.377. The van der Waals surface area contributed by atoms with E-state index < -0.39 is 0 Å². The Morgan fingerprint density at radius 1 is 0.882 bits per heavy atom. The van der Waals surface area contributed by atoms with Crippen molar-refractivity contribution < 1.29 is 9.53 Å². The summed E-state index contributed by atoms with van der Waals surface area (Å²) in [4.78, 5) is 11.9. The van der Waals surface area contributed by atoms with Crippen LogP contribution in [-0.2, 0) is 0 Å². The van der Waals surface area contributed by atoms with Crippen LogP contribution in [0.25, 0.3) is 0 Å². The van der Waals surface area contributed by atoms with Gasteiger partial charge in [-0.3, -0.25) is 0 Å². The fraction of sp³-hybridized carbons (Fsp3) is 0. The number of para-hydroxylation sites is 1. The van der Waals surface area contributed by atoms with Gasteiger partial charge in [0, 0.05) is 0 Å². The molecule has 0 aliphatic carbocycles. The van der Waals surface area contributed by atoms with Gasteiger partial charge in [0.1, 0.15) is 0 Å². The number of benzene rings is 2. The largest absolute Gasteiger partial charge is 0.421 e. The molecule has 86 valence electrons. The molecule has 2 aromatic carbocycles. The van der Waals surface area contributed by atoms with Crippen LogP contribution in [0.1, 0.15) is 10.4 Å². The van der Waals surface area contributed by atoms with Gasteiger partial charge in [0.05, 0.1) is 14.5 Å². The van der Waals surface area contributed by atoms with Crippen molar-refractivity contribution in [2.75, 3.05) is 0 Å². The Hall–Kier alpha value is -1.13. The highest BCUT2D eigenvalue weighted by molar-refractivity contribution is 9.11. The highest BCUT2D eigenvalue weighted by Gasteiger charge is 2.12. The van der Waals surface area contributed by atoms with Crippen LogP contribution >= 0.6 is 31.9 Å². The van der Waals surface area contributed by atoms with Crippen LogP contribution in [0.15, 0.2) is 57.5 Å². The van der Waals surface area contributed by atoms with Gasteiger partial charge >= 0.3 is 5.97 Å². The second kappa shape index (κ2) is 5.47. The van der Waals surface area contributed by atoms with Gasteiger partial charge in [-0.1, -0.05) is 24.3 Å². The third kappa shape index (κ3) is 2.96. The zero-order valence-electron chi connectivity index (χ0n) is 8.69. The quantitative estimate of drug-likeness (QED) is 0.588. The van der Waals surface area contributed by atoms with Crippen LogP contribution in [-0.4, -0.2) is 5.97 Å². The van der Waals surface area contributed by atoms with E-state index in [1.54, 1.807) is 24.3 Å². The summed E-state index contributed by atoms with van der Waals surface area (Å²) in [7, 11) is 0. The van der Waals surface area contributed by atoms with E-state index in [1.807, 2.05) is 24.3 Å². The highest BCUT2D eigenvalue weighted by Crippen LogP contribution is 2.33. The highest BCUT2D eigenvalue weighted by atomic mass is 79.9. The molecule has 2 rings (SSSR count). The number of carbonyl (C=O) groups excluding carboxylic acids is 1. The molecule has 0 aliphatic heterocycles. The number of ether oxygens (including phenoxy) is 1. The van der Waals surface area contributed by atoms with Crippen LogP contribution in [0.5, 0.6) is 5.75 Å². The second-order valence-corrected chi connectivity index (χ2v) is 5.02. The van der Waals surface area contributed by atoms with Gasteiger partial charge in [0.2, 0.25) is 0 Å². The summed E-state index contributed by atoms with van der Waals surface area (Å²) in [6, 6.07) is 14.4. The molecule has 0 radical (unpaired) electrons. The van der Waals surface area contributed by atoms with E-state index in [1.165, 1.54) is 0 Å². The van der Waals surface area contributed by atoms with Crippen molar-refractivity contribution in [1.82, 2.24) is 0 Å². The lowest BCUT2D eigenvalue weighted by Crippen LogP contribution is -2.08. The topological polar surface area (TPSA) is 26.3 Å². The maximum absolute atomic E-state index is 11.9. The van der Waals surface area contributed by atoms with Crippen molar-refractivity contribution in [3.8, 4) is 5.75 Å². The fourth-order valence-corrected chi connectivity index (χ4v) is 2.47. The zero-order valence-corrected chi connectivity index (χ0v) is 11.9. The van der Waals surface area contributed by atoms with Crippen molar-refractivity contribution in [2.45, 2.75) is 0 Å². The lowest BCUT2D eigenvalue weighted by Gasteiger charge is -2.08. The first kappa shape index (κ1) is 12.3. The Labute approximate surface area is 116 Å². The van der Waals surface area contributed by atoms with Crippen molar-refractivity contribution in [2.24, 2.45) is 0 Å². The van der Waals surface area contributed by atoms with Gasteiger partial charge < -0.3 is 4.74 Å². The van der Waals surface area contributed by atoms with E-state index in [-0.39, 0.29) is 5.97 Å². The lowest BCUT2D eigenvalue weighted by atomic mass is 10.2. The lowest BCUT2D eigenvalue weighted by molar-refractivity contribution is 0.0732. The van der Waals surface area contributed by atoms with E-state index in [2.05, 4.69) is 31.9 Å². The van der Waals surface area contributed by atoms with Gasteiger partial charge in [0.15, 0.2) is 5.75 Å². The van der Waals surface area contributed by atoms with Crippen molar-refractivity contribution in [3.63, 3.8) is 0 Å². The summed E-state index contributed by atoms with van der Waals surface area (Å²) >= 11 is 6.68. The molecule has 0 heterocycles. The molecule has 0 unspecified atom stereocenters. The van der Waals surface area contributed by atoms with Gasteiger partial charge in [0.25, 0.3) is 0 Å². The molecule has 0 fully saturated rings.